The second-order valence-electron chi connectivity index (χ2n) is 5.82. The van der Waals surface area contributed by atoms with Crippen LogP contribution in [0, 0.1) is 5.92 Å². The first kappa shape index (κ1) is 18.5. The summed E-state index contributed by atoms with van der Waals surface area (Å²) in [5.41, 5.74) is 0. The largest absolute Gasteiger partial charge is 0.481 e. The minimum atomic E-state index is -0.654. The summed E-state index contributed by atoms with van der Waals surface area (Å²) in [7, 11) is 0. The quantitative estimate of drug-likeness (QED) is 0.405. The van der Waals surface area contributed by atoms with Crippen molar-refractivity contribution in [2.75, 3.05) is 0 Å². The Labute approximate surface area is 120 Å². The Morgan fingerprint density at radius 1 is 0.842 bits per heavy atom. The van der Waals surface area contributed by atoms with Crippen LogP contribution in [0.4, 0.5) is 0 Å². The SMILES string of the molecule is CCCCCCCC(CC)CCCCCCC(=O)O. The third kappa shape index (κ3) is 13.7. The number of rotatable bonds is 14. The first-order valence-corrected chi connectivity index (χ1v) is 8.42. The van der Waals surface area contributed by atoms with Gasteiger partial charge in [0.2, 0.25) is 0 Å². The maximum Gasteiger partial charge on any atom is 0.303 e. The van der Waals surface area contributed by atoms with Crippen molar-refractivity contribution in [1.82, 2.24) is 0 Å². The number of unbranched alkanes of at least 4 members (excludes halogenated alkanes) is 7. The van der Waals surface area contributed by atoms with E-state index < -0.39 is 5.97 Å². The van der Waals surface area contributed by atoms with Gasteiger partial charge in [-0.25, -0.2) is 0 Å². The molecule has 0 aliphatic rings. The van der Waals surface area contributed by atoms with Crippen LogP contribution >= 0.6 is 0 Å². The minimum absolute atomic E-state index is 0.342. The molecule has 1 atom stereocenters. The van der Waals surface area contributed by atoms with Gasteiger partial charge >= 0.3 is 5.97 Å². The molecule has 0 amide bonds. The maximum absolute atomic E-state index is 10.4. The Morgan fingerprint density at radius 3 is 1.84 bits per heavy atom. The van der Waals surface area contributed by atoms with Gasteiger partial charge < -0.3 is 5.11 Å². The van der Waals surface area contributed by atoms with E-state index in [0.29, 0.717) is 6.42 Å². The van der Waals surface area contributed by atoms with Crippen molar-refractivity contribution in [3.8, 4) is 0 Å². The highest BCUT2D eigenvalue weighted by atomic mass is 16.4. The summed E-state index contributed by atoms with van der Waals surface area (Å²) in [6.45, 7) is 4.57. The van der Waals surface area contributed by atoms with E-state index in [9.17, 15) is 4.79 Å². The molecule has 0 aliphatic carbocycles. The molecule has 0 aromatic heterocycles. The van der Waals surface area contributed by atoms with Crippen molar-refractivity contribution in [1.29, 1.82) is 0 Å². The smallest absolute Gasteiger partial charge is 0.303 e. The lowest BCUT2D eigenvalue weighted by atomic mass is 9.92. The van der Waals surface area contributed by atoms with Gasteiger partial charge in [-0.1, -0.05) is 84.5 Å². The van der Waals surface area contributed by atoms with Gasteiger partial charge in [-0.05, 0) is 12.3 Å². The molecular formula is C17H34O2. The maximum atomic E-state index is 10.4. The van der Waals surface area contributed by atoms with Crippen LogP contribution in [0.3, 0.4) is 0 Å². The molecule has 1 unspecified atom stereocenters. The number of hydrogen-bond donors (Lipinski definition) is 1. The van der Waals surface area contributed by atoms with Gasteiger partial charge in [0.05, 0.1) is 0 Å². The molecule has 19 heavy (non-hydrogen) atoms. The molecule has 0 aromatic carbocycles. The number of carbonyl (C=O) groups is 1. The van der Waals surface area contributed by atoms with Crippen LogP contribution in [0.5, 0.6) is 0 Å². The lowest BCUT2D eigenvalue weighted by Gasteiger charge is -2.14. The fourth-order valence-electron chi connectivity index (χ4n) is 2.65. The second kappa shape index (κ2) is 13.9. The molecule has 0 heterocycles. The molecule has 0 rings (SSSR count). The van der Waals surface area contributed by atoms with Crippen molar-refractivity contribution in [2.45, 2.75) is 97.3 Å². The monoisotopic (exact) mass is 270 g/mol. The van der Waals surface area contributed by atoms with Gasteiger partial charge in [0.25, 0.3) is 0 Å². The second-order valence-corrected chi connectivity index (χ2v) is 5.82. The van der Waals surface area contributed by atoms with Crippen LogP contribution in [0.2, 0.25) is 0 Å². The average molecular weight is 270 g/mol. The lowest BCUT2D eigenvalue weighted by Crippen LogP contribution is -1.99. The number of carboxylic acid groups (broad SMARTS) is 1. The zero-order valence-corrected chi connectivity index (χ0v) is 13.1. The van der Waals surface area contributed by atoms with Crippen molar-refractivity contribution >= 4 is 5.97 Å². The van der Waals surface area contributed by atoms with Gasteiger partial charge in [0, 0.05) is 6.42 Å². The third-order valence-electron chi connectivity index (χ3n) is 4.05. The van der Waals surface area contributed by atoms with Crippen molar-refractivity contribution in [3.63, 3.8) is 0 Å². The fraction of sp³-hybridized carbons (Fsp3) is 0.941. The summed E-state index contributed by atoms with van der Waals surface area (Å²) in [4.78, 5) is 10.4. The molecule has 2 heteroatoms. The van der Waals surface area contributed by atoms with Gasteiger partial charge in [-0.3, -0.25) is 4.79 Å². The van der Waals surface area contributed by atoms with E-state index in [2.05, 4.69) is 13.8 Å². The Morgan fingerprint density at radius 2 is 1.37 bits per heavy atom. The third-order valence-corrected chi connectivity index (χ3v) is 4.05. The molecule has 0 bridgehead atoms. The molecule has 0 saturated heterocycles. The normalized spacial score (nSPS) is 12.5. The van der Waals surface area contributed by atoms with Crippen LogP contribution < -0.4 is 0 Å². The molecule has 0 saturated carbocycles. The summed E-state index contributed by atoms with van der Waals surface area (Å²) >= 11 is 0. The van der Waals surface area contributed by atoms with Crippen LogP contribution in [0.1, 0.15) is 97.3 Å². The van der Waals surface area contributed by atoms with Crippen LogP contribution in [0.25, 0.3) is 0 Å². The van der Waals surface area contributed by atoms with Crippen molar-refractivity contribution in [2.24, 2.45) is 5.92 Å². The van der Waals surface area contributed by atoms with E-state index in [4.69, 9.17) is 5.11 Å². The number of hydrogen-bond acceptors (Lipinski definition) is 1. The van der Waals surface area contributed by atoms with E-state index in [1.807, 2.05) is 0 Å². The Bertz CT molecular complexity index is 201. The molecular weight excluding hydrogens is 236 g/mol. The fourth-order valence-corrected chi connectivity index (χ4v) is 2.65. The van der Waals surface area contributed by atoms with Crippen molar-refractivity contribution in [3.05, 3.63) is 0 Å². The molecule has 0 fully saturated rings. The van der Waals surface area contributed by atoms with E-state index in [-0.39, 0.29) is 0 Å². The zero-order valence-electron chi connectivity index (χ0n) is 13.1. The number of aliphatic carboxylic acids is 1. The van der Waals surface area contributed by atoms with Crippen molar-refractivity contribution < 1.29 is 9.90 Å². The predicted octanol–water partition coefficient (Wildman–Crippen LogP) is 5.80. The van der Waals surface area contributed by atoms with Gasteiger partial charge in [0.1, 0.15) is 0 Å². The Kier molecular flexibility index (Phi) is 13.5. The first-order chi connectivity index (χ1) is 9.20. The van der Waals surface area contributed by atoms with Gasteiger partial charge in [0.15, 0.2) is 0 Å². The topological polar surface area (TPSA) is 37.3 Å². The summed E-state index contributed by atoms with van der Waals surface area (Å²) in [6, 6.07) is 0. The summed E-state index contributed by atoms with van der Waals surface area (Å²) in [5.74, 6) is 0.250. The molecule has 0 radical (unpaired) electrons. The van der Waals surface area contributed by atoms with Crippen LogP contribution in [0.15, 0.2) is 0 Å². The summed E-state index contributed by atoms with van der Waals surface area (Å²) in [6.07, 6.45) is 15.7. The Balaban J connectivity index is 3.36. The van der Waals surface area contributed by atoms with Gasteiger partial charge in [-0.15, -0.1) is 0 Å². The average Bonchev–Trinajstić information content (AvgIpc) is 2.39. The van der Waals surface area contributed by atoms with E-state index in [1.54, 1.807) is 0 Å². The van der Waals surface area contributed by atoms with E-state index >= 15 is 0 Å². The minimum Gasteiger partial charge on any atom is -0.481 e. The zero-order chi connectivity index (χ0) is 14.3. The summed E-state index contributed by atoms with van der Waals surface area (Å²) < 4.78 is 0. The highest BCUT2D eigenvalue weighted by Gasteiger charge is 2.06. The van der Waals surface area contributed by atoms with E-state index in [1.165, 1.54) is 64.2 Å². The first-order valence-electron chi connectivity index (χ1n) is 8.42. The molecule has 0 aliphatic heterocycles. The van der Waals surface area contributed by atoms with E-state index in [0.717, 1.165) is 18.8 Å². The molecule has 0 aromatic rings. The molecule has 2 nitrogen and oxygen atoms in total. The molecule has 1 N–H and O–H groups in total. The molecule has 114 valence electrons. The number of carboxylic acids is 1. The lowest BCUT2D eigenvalue weighted by molar-refractivity contribution is -0.137. The molecule has 0 spiro atoms. The van der Waals surface area contributed by atoms with Crippen LogP contribution in [-0.4, -0.2) is 11.1 Å². The highest BCUT2D eigenvalue weighted by molar-refractivity contribution is 5.66. The standard InChI is InChI=1S/C17H34O2/c1-3-5-6-7-10-13-16(4-2)14-11-8-9-12-15-17(18)19/h16H,3-15H2,1-2H3,(H,18,19). The van der Waals surface area contributed by atoms with Crippen LogP contribution in [-0.2, 0) is 4.79 Å². The Hall–Kier alpha value is -0.530. The van der Waals surface area contributed by atoms with Gasteiger partial charge in [-0.2, -0.15) is 0 Å². The predicted molar refractivity (Wildman–Crippen MR) is 82.5 cm³/mol. The summed E-state index contributed by atoms with van der Waals surface area (Å²) in [5, 5.41) is 8.55. The highest BCUT2D eigenvalue weighted by Crippen LogP contribution is 2.21.